The van der Waals surface area contributed by atoms with Crippen LogP contribution in [0.4, 0.5) is 11.4 Å². The van der Waals surface area contributed by atoms with Gasteiger partial charge in [-0.15, -0.1) is 0 Å². The van der Waals surface area contributed by atoms with Gasteiger partial charge in [0.1, 0.15) is 11.5 Å². The molecule has 0 spiro atoms. The highest BCUT2D eigenvalue weighted by atomic mass is 16.3. The molecule has 0 aliphatic carbocycles. The van der Waals surface area contributed by atoms with Crippen LogP contribution in [0.15, 0.2) is 120 Å². The van der Waals surface area contributed by atoms with Crippen LogP contribution in [0.2, 0.25) is 0 Å². The first-order valence-electron chi connectivity index (χ1n) is 14.8. The molecule has 0 aliphatic heterocycles. The molecule has 45 heavy (non-hydrogen) atoms. The lowest BCUT2D eigenvalue weighted by Gasteiger charge is -2.18. The van der Waals surface area contributed by atoms with Crippen LogP contribution in [0, 0.1) is 6.92 Å². The van der Waals surface area contributed by atoms with E-state index in [1.54, 1.807) is 48.5 Å². The summed E-state index contributed by atoms with van der Waals surface area (Å²) in [6.07, 6.45) is 3.14. The topological polar surface area (TPSA) is 88.4 Å². The zero-order chi connectivity index (χ0) is 32.0. The van der Waals surface area contributed by atoms with Gasteiger partial charge in [-0.25, -0.2) is 0 Å². The van der Waals surface area contributed by atoms with Crippen LogP contribution in [0.5, 0.6) is 0 Å². The molecule has 1 heterocycles. The molecule has 0 bridgehead atoms. The van der Waals surface area contributed by atoms with Gasteiger partial charge in [-0.2, -0.15) is 0 Å². The Labute approximate surface area is 263 Å². The molecule has 0 fully saturated rings. The fourth-order valence-corrected chi connectivity index (χ4v) is 4.82. The molecule has 0 atom stereocenters. The smallest absolute Gasteiger partial charge is 0.248 e. The maximum absolute atomic E-state index is 13.5. The molecular weight excluding hydrogens is 560 g/mol. The van der Waals surface area contributed by atoms with Crippen molar-refractivity contribution in [2.24, 2.45) is 0 Å². The number of aryl methyl sites for hydroxylation is 1. The zero-order valence-electron chi connectivity index (χ0n) is 25.9. The summed E-state index contributed by atoms with van der Waals surface area (Å²) in [6.45, 7) is 8.50. The molecule has 0 saturated heterocycles. The quantitative estimate of drug-likeness (QED) is 0.132. The Morgan fingerprint density at radius 2 is 1.49 bits per heavy atom. The fraction of sp³-hybridized carbons (Fsp3) is 0.154. The number of ketones is 1. The number of furan rings is 1. The van der Waals surface area contributed by atoms with E-state index in [0.29, 0.717) is 28.5 Å². The Bertz CT molecular complexity index is 1840. The SMILES string of the molecule is Cc1ccc(CC(=O)Nc2ccc(NC(=O)/C=C/c3ccc(-c4ccc(C(C)(C)C)cc4)o3)cc2C(=O)c2ccccc2)cc1. The molecule has 1 aromatic heterocycles. The molecule has 0 radical (unpaired) electrons. The number of carbonyl (C=O) groups excluding carboxylic acids is 3. The van der Waals surface area contributed by atoms with Gasteiger partial charge in [0.05, 0.1) is 12.1 Å². The van der Waals surface area contributed by atoms with Crippen molar-refractivity contribution in [2.75, 3.05) is 10.6 Å². The van der Waals surface area contributed by atoms with Crippen molar-refractivity contribution < 1.29 is 18.8 Å². The number of hydrogen-bond donors (Lipinski definition) is 2. The van der Waals surface area contributed by atoms with Gasteiger partial charge >= 0.3 is 0 Å². The van der Waals surface area contributed by atoms with E-state index in [4.69, 9.17) is 4.42 Å². The lowest BCUT2D eigenvalue weighted by molar-refractivity contribution is -0.115. The van der Waals surface area contributed by atoms with E-state index in [2.05, 4.69) is 43.5 Å². The summed E-state index contributed by atoms with van der Waals surface area (Å²) in [6, 6.07) is 33.3. The van der Waals surface area contributed by atoms with Gasteiger partial charge in [-0.3, -0.25) is 14.4 Å². The standard InChI is InChI=1S/C39H36N2O4/c1-26-10-12-27(13-11-26)24-37(43)41-34-21-18-31(25-33(34)38(44)29-8-6-5-7-9-29)40-36(42)23-20-32-19-22-35(45-32)28-14-16-30(17-15-28)39(2,3)4/h5-23,25H,24H2,1-4H3,(H,40,42)(H,41,43)/b23-20+. The molecule has 0 saturated carbocycles. The highest BCUT2D eigenvalue weighted by Crippen LogP contribution is 2.28. The first-order chi connectivity index (χ1) is 21.5. The van der Waals surface area contributed by atoms with Crippen molar-refractivity contribution in [2.45, 2.75) is 39.5 Å². The highest BCUT2D eigenvalue weighted by molar-refractivity contribution is 6.15. The molecule has 0 unspecified atom stereocenters. The monoisotopic (exact) mass is 596 g/mol. The average Bonchev–Trinajstić information content (AvgIpc) is 3.51. The Kier molecular flexibility index (Phi) is 9.24. The highest BCUT2D eigenvalue weighted by Gasteiger charge is 2.18. The lowest BCUT2D eigenvalue weighted by Crippen LogP contribution is -2.18. The number of carbonyl (C=O) groups is 3. The van der Waals surface area contributed by atoms with Crippen molar-refractivity contribution in [3.63, 3.8) is 0 Å². The number of benzene rings is 4. The van der Waals surface area contributed by atoms with Gasteiger partial charge in [-0.05, 0) is 59.9 Å². The average molecular weight is 597 g/mol. The first kappa shape index (κ1) is 31.0. The van der Waals surface area contributed by atoms with Gasteiger partial charge in [0, 0.05) is 28.5 Å². The summed E-state index contributed by atoms with van der Waals surface area (Å²) in [4.78, 5) is 39.2. The predicted octanol–water partition coefficient (Wildman–Crippen LogP) is 8.62. The molecule has 0 aliphatic rings. The number of nitrogens with one attached hydrogen (secondary N) is 2. The van der Waals surface area contributed by atoms with Crippen molar-refractivity contribution >= 4 is 35.0 Å². The molecule has 2 N–H and O–H groups in total. The van der Waals surface area contributed by atoms with E-state index in [0.717, 1.165) is 16.7 Å². The minimum absolute atomic E-state index is 0.0640. The third-order valence-corrected chi connectivity index (χ3v) is 7.39. The third kappa shape index (κ3) is 8.12. The summed E-state index contributed by atoms with van der Waals surface area (Å²) in [5.41, 5.74) is 5.76. The van der Waals surface area contributed by atoms with Crippen molar-refractivity contribution in [1.82, 2.24) is 0 Å². The maximum atomic E-state index is 13.5. The van der Waals surface area contributed by atoms with Crippen molar-refractivity contribution in [1.29, 1.82) is 0 Å². The second-order valence-corrected chi connectivity index (χ2v) is 12.0. The van der Waals surface area contributed by atoms with Crippen LogP contribution in [-0.2, 0) is 21.4 Å². The van der Waals surface area contributed by atoms with Crippen LogP contribution < -0.4 is 10.6 Å². The van der Waals surface area contributed by atoms with E-state index in [9.17, 15) is 14.4 Å². The van der Waals surface area contributed by atoms with E-state index in [1.165, 1.54) is 11.6 Å². The molecule has 6 heteroatoms. The summed E-state index contributed by atoms with van der Waals surface area (Å²) in [7, 11) is 0. The van der Waals surface area contributed by atoms with Crippen LogP contribution >= 0.6 is 0 Å². The van der Waals surface area contributed by atoms with Crippen molar-refractivity contribution in [3.05, 3.63) is 149 Å². The van der Waals surface area contributed by atoms with Gasteiger partial charge in [0.2, 0.25) is 11.8 Å². The zero-order valence-corrected chi connectivity index (χ0v) is 25.9. The first-order valence-corrected chi connectivity index (χ1v) is 14.8. The number of amides is 2. The molecule has 2 amide bonds. The van der Waals surface area contributed by atoms with Crippen LogP contribution in [0.25, 0.3) is 17.4 Å². The lowest BCUT2D eigenvalue weighted by atomic mass is 9.86. The van der Waals surface area contributed by atoms with E-state index >= 15 is 0 Å². The number of anilines is 2. The van der Waals surface area contributed by atoms with E-state index in [-0.39, 0.29) is 29.1 Å². The predicted molar refractivity (Wildman–Crippen MR) is 180 cm³/mol. The molecule has 5 rings (SSSR count). The van der Waals surface area contributed by atoms with Crippen molar-refractivity contribution in [3.8, 4) is 11.3 Å². The number of hydrogen-bond acceptors (Lipinski definition) is 4. The summed E-state index contributed by atoms with van der Waals surface area (Å²) in [5, 5.41) is 5.69. The second-order valence-electron chi connectivity index (χ2n) is 12.0. The molecule has 4 aromatic carbocycles. The molecule has 5 aromatic rings. The van der Waals surface area contributed by atoms with Gasteiger partial charge < -0.3 is 15.1 Å². The molecular formula is C39H36N2O4. The summed E-state index contributed by atoms with van der Waals surface area (Å²) >= 11 is 0. The Morgan fingerprint density at radius 1 is 0.778 bits per heavy atom. The van der Waals surface area contributed by atoms with E-state index < -0.39 is 5.91 Å². The van der Waals surface area contributed by atoms with Crippen LogP contribution in [0.1, 0.15) is 59.1 Å². The van der Waals surface area contributed by atoms with Gasteiger partial charge in [0.15, 0.2) is 5.78 Å². The Hall–Kier alpha value is -5.49. The fourth-order valence-electron chi connectivity index (χ4n) is 4.82. The second kappa shape index (κ2) is 13.4. The summed E-state index contributed by atoms with van der Waals surface area (Å²) < 4.78 is 5.94. The third-order valence-electron chi connectivity index (χ3n) is 7.39. The van der Waals surface area contributed by atoms with Crippen LogP contribution in [-0.4, -0.2) is 17.6 Å². The van der Waals surface area contributed by atoms with Gasteiger partial charge in [0.25, 0.3) is 0 Å². The minimum Gasteiger partial charge on any atom is -0.457 e. The Morgan fingerprint density at radius 3 is 2.18 bits per heavy atom. The molecule has 6 nitrogen and oxygen atoms in total. The molecule has 226 valence electrons. The normalized spacial score (nSPS) is 11.4. The number of rotatable bonds is 9. The van der Waals surface area contributed by atoms with E-state index in [1.807, 2.05) is 61.5 Å². The maximum Gasteiger partial charge on any atom is 0.248 e. The van der Waals surface area contributed by atoms with Crippen LogP contribution in [0.3, 0.4) is 0 Å². The summed E-state index contributed by atoms with van der Waals surface area (Å²) in [5.74, 6) is 0.332. The van der Waals surface area contributed by atoms with Gasteiger partial charge in [-0.1, -0.05) is 105 Å². The minimum atomic E-state index is -0.392. The Balaban J connectivity index is 1.30. The largest absolute Gasteiger partial charge is 0.457 e.